The summed E-state index contributed by atoms with van der Waals surface area (Å²) in [6.45, 7) is 1.96. The molecular weight excluding hydrogens is 339 g/mol. The molecule has 0 fully saturated rings. The first kappa shape index (κ1) is 13.9. The Labute approximate surface area is 120 Å². The third-order valence-corrected chi connectivity index (χ3v) is 3.35. The lowest BCUT2D eigenvalue weighted by Gasteiger charge is -2.03. The fourth-order valence-corrected chi connectivity index (χ4v) is 2.21. The van der Waals surface area contributed by atoms with Crippen molar-refractivity contribution in [1.82, 2.24) is 10.2 Å². The summed E-state index contributed by atoms with van der Waals surface area (Å²) in [5.74, 6) is -0.551. The molecule has 1 aromatic carbocycles. The minimum Gasteiger partial charge on any atom is -0.461 e. The number of hydrogen-bond donors (Lipinski definition) is 0. The molecule has 0 aliphatic rings. The van der Waals surface area contributed by atoms with Crippen LogP contribution in [0.4, 0.5) is 4.39 Å². The van der Waals surface area contributed by atoms with Gasteiger partial charge in [0.05, 0.1) is 11.1 Å². The van der Waals surface area contributed by atoms with Gasteiger partial charge in [-0.05, 0) is 52.4 Å². The van der Waals surface area contributed by atoms with Gasteiger partial charge in [0.2, 0.25) is 5.01 Å². The summed E-state index contributed by atoms with van der Waals surface area (Å²) < 4.78 is 23.5. The standard InChI is InChI=1S/C11H8BrFN2O3S/c1-2-17-10(16)9-14-15-11(19-9)18-8-4-3-6(13)5-7(8)12/h3-5H,2H2,1H3. The molecule has 100 valence electrons. The molecule has 0 atom stereocenters. The Morgan fingerprint density at radius 2 is 2.26 bits per heavy atom. The van der Waals surface area contributed by atoms with Gasteiger partial charge < -0.3 is 9.47 Å². The number of carbonyl (C=O) groups is 1. The van der Waals surface area contributed by atoms with E-state index in [0.29, 0.717) is 10.2 Å². The van der Waals surface area contributed by atoms with E-state index in [0.717, 1.165) is 11.3 Å². The Balaban J connectivity index is 2.13. The van der Waals surface area contributed by atoms with Crippen molar-refractivity contribution in [3.8, 4) is 10.9 Å². The van der Waals surface area contributed by atoms with Gasteiger partial charge in [0, 0.05) is 0 Å². The predicted octanol–water partition coefficient (Wildman–Crippen LogP) is 3.41. The monoisotopic (exact) mass is 346 g/mol. The molecule has 0 spiro atoms. The molecule has 0 saturated heterocycles. The van der Waals surface area contributed by atoms with E-state index in [2.05, 4.69) is 26.1 Å². The molecule has 8 heteroatoms. The third kappa shape index (κ3) is 3.48. The van der Waals surface area contributed by atoms with Crippen molar-refractivity contribution in [2.75, 3.05) is 6.61 Å². The molecule has 1 heterocycles. The van der Waals surface area contributed by atoms with Crippen molar-refractivity contribution in [2.45, 2.75) is 6.92 Å². The Bertz CT molecular complexity index is 605. The van der Waals surface area contributed by atoms with Gasteiger partial charge in [-0.15, -0.1) is 5.10 Å². The third-order valence-electron chi connectivity index (χ3n) is 1.95. The average molecular weight is 347 g/mol. The quantitative estimate of drug-likeness (QED) is 0.794. The maximum Gasteiger partial charge on any atom is 0.369 e. The molecule has 5 nitrogen and oxygen atoms in total. The van der Waals surface area contributed by atoms with Crippen LogP contribution >= 0.6 is 27.3 Å². The summed E-state index contributed by atoms with van der Waals surface area (Å²) in [5, 5.41) is 7.65. The first-order valence-electron chi connectivity index (χ1n) is 5.23. The molecule has 0 aliphatic heterocycles. The molecule has 2 aromatic rings. The van der Waals surface area contributed by atoms with E-state index >= 15 is 0 Å². The number of rotatable bonds is 4. The van der Waals surface area contributed by atoms with Crippen LogP contribution in [0.25, 0.3) is 0 Å². The van der Waals surface area contributed by atoms with Crippen molar-refractivity contribution >= 4 is 33.2 Å². The summed E-state index contributed by atoms with van der Waals surface area (Å²) >= 11 is 4.12. The lowest BCUT2D eigenvalue weighted by molar-refractivity contribution is 0.0525. The summed E-state index contributed by atoms with van der Waals surface area (Å²) in [5.41, 5.74) is 0. The van der Waals surface area contributed by atoms with Crippen molar-refractivity contribution in [3.05, 3.63) is 33.5 Å². The highest BCUT2D eigenvalue weighted by molar-refractivity contribution is 9.10. The summed E-state index contributed by atoms with van der Waals surface area (Å²) in [7, 11) is 0. The minimum absolute atomic E-state index is 0.107. The number of hydrogen-bond acceptors (Lipinski definition) is 6. The van der Waals surface area contributed by atoms with Crippen LogP contribution in [-0.2, 0) is 4.74 Å². The van der Waals surface area contributed by atoms with Crippen LogP contribution in [0.15, 0.2) is 22.7 Å². The normalized spacial score (nSPS) is 10.3. The zero-order valence-corrected chi connectivity index (χ0v) is 12.1. The van der Waals surface area contributed by atoms with Gasteiger partial charge >= 0.3 is 5.97 Å². The van der Waals surface area contributed by atoms with Crippen molar-refractivity contribution in [1.29, 1.82) is 0 Å². The number of halogens is 2. The van der Waals surface area contributed by atoms with Crippen LogP contribution in [0.2, 0.25) is 0 Å². The highest BCUT2D eigenvalue weighted by Gasteiger charge is 2.15. The molecule has 0 radical (unpaired) electrons. The van der Waals surface area contributed by atoms with Crippen molar-refractivity contribution < 1.29 is 18.7 Å². The lowest BCUT2D eigenvalue weighted by Crippen LogP contribution is -2.03. The van der Waals surface area contributed by atoms with Gasteiger partial charge in [-0.3, -0.25) is 0 Å². The van der Waals surface area contributed by atoms with Crippen LogP contribution in [0.3, 0.4) is 0 Å². The van der Waals surface area contributed by atoms with E-state index in [9.17, 15) is 9.18 Å². The fraction of sp³-hybridized carbons (Fsp3) is 0.182. The lowest BCUT2D eigenvalue weighted by atomic mass is 10.3. The van der Waals surface area contributed by atoms with Crippen LogP contribution in [0.1, 0.15) is 16.7 Å². The van der Waals surface area contributed by atoms with E-state index in [1.165, 1.54) is 18.2 Å². The predicted molar refractivity (Wildman–Crippen MR) is 70.0 cm³/mol. The van der Waals surface area contributed by atoms with E-state index in [1.807, 2.05) is 0 Å². The van der Waals surface area contributed by atoms with E-state index in [4.69, 9.17) is 9.47 Å². The van der Waals surface area contributed by atoms with Gasteiger partial charge in [-0.1, -0.05) is 5.10 Å². The molecule has 19 heavy (non-hydrogen) atoms. The van der Waals surface area contributed by atoms with Gasteiger partial charge in [-0.2, -0.15) is 0 Å². The Morgan fingerprint density at radius 3 is 2.95 bits per heavy atom. The number of nitrogens with zero attached hydrogens (tertiary/aromatic N) is 2. The molecule has 0 amide bonds. The number of ether oxygens (including phenoxy) is 2. The van der Waals surface area contributed by atoms with Crippen LogP contribution in [0, 0.1) is 5.82 Å². The Morgan fingerprint density at radius 1 is 1.47 bits per heavy atom. The zero-order chi connectivity index (χ0) is 13.8. The van der Waals surface area contributed by atoms with Crippen LogP contribution in [-0.4, -0.2) is 22.8 Å². The highest BCUT2D eigenvalue weighted by Crippen LogP contribution is 2.31. The maximum absolute atomic E-state index is 12.9. The largest absolute Gasteiger partial charge is 0.461 e. The van der Waals surface area contributed by atoms with Crippen molar-refractivity contribution in [3.63, 3.8) is 0 Å². The summed E-state index contributed by atoms with van der Waals surface area (Å²) in [4.78, 5) is 11.4. The second-order valence-electron chi connectivity index (χ2n) is 3.27. The molecular formula is C11H8BrFN2O3S. The van der Waals surface area contributed by atoms with Gasteiger partial charge in [-0.25, -0.2) is 9.18 Å². The Hall–Kier alpha value is -1.54. The van der Waals surface area contributed by atoms with Gasteiger partial charge in [0.25, 0.3) is 5.19 Å². The SMILES string of the molecule is CCOC(=O)c1nnc(Oc2ccc(F)cc2Br)s1. The smallest absolute Gasteiger partial charge is 0.369 e. The second-order valence-corrected chi connectivity index (χ2v) is 5.06. The first-order valence-corrected chi connectivity index (χ1v) is 6.84. The number of benzene rings is 1. The van der Waals surface area contributed by atoms with E-state index in [1.54, 1.807) is 6.92 Å². The molecule has 1 aromatic heterocycles. The minimum atomic E-state index is -0.548. The van der Waals surface area contributed by atoms with E-state index < -0.39 is 5.97 Å². The summed E-state index contributed by atoms with van der Waals surface area (Å²) in [6, 6.07) is 3.97. The zero-order valence-electron chi connectivity index (χ0n) is 9.72. The van der Waals surface area contributed by atoms with Crippen LogP contribution in [0.5, 0.6) is 10.9 Å². The molecule has 0 saturated carbocycles. The fourth-order valence-electron chi connectivity index (χ4n) is 1.18. The summed E-state index contributed by atoms with van der Waals surface area (Å²) in [6.07, 6.45) is 0. The molecule has 0 bridgehead atoms. The number of aromatic nitrogens is 2. The first-order chi connectivity index (χ1) is 9.10. The molecule has 0 aliphatic carbocycles. The molecule has 0 N–H and O–H groups in total. The molecule has 0 unspecified atom stereocenters. The van der Waals surface area contributed by atoms with Gasteiger partial charge in [0.1, 0.15) is 11.6 Å². The average Bonchev–Trinajstić information content (AvgIpc) is 2.82. The number of carbonyl (C=O) groups excluding carboxylic acids is 1. The maximum atomic E-state index is 12.9. The van der Waals surface area contributed by atoms with Crippen molar-refractivity contribution in [2.24, 2.45) is 0 Å². The second kappa shape index (κ2) is 6.07. The molecule has 2 rings (SSSR count). The topological polar surface area (TPSA) is 61.3 Å². The van der Waals surface area contributed by atoms with E-state index in [-0.39, 0.29) is 22.6 Å². The highest BCUT2D eigenvalue weighted by atomic mass is 79.9. The van der Waals surface area contributed by atoms with Gasteiger partial charge in [0.15, 0.2) is 0 Å². The van der Waals surface area contributed by atoms with Crippen LogP contribution < -0.4 is 4.74 Å². The Kier molecular flexibility index (Phi) is 4.43. The number of esters is 1.